The van der Waals surface area contributed by atoms with Gasteiger partial charge in [-0.25, -0.2) is 0 Å². The number of methoxy groups -OCH3 is 2. The summed E-state index contributed by atoms with van der Waals surface area (Å²) in [5, 5.41) is 0. The molecule has 2 rings (SSSR count). The van der Waals surface area contributed by atoms with E-state index in [0.717, 1.165) is 5.56 Å². The summed E-state index contributed by atoms with van der Waals surface area (Å²) >= 11 is 0. The van der Waals surface area contributed by atoms with Gasteiger partial charge < -0.3 is 19.9 Å². The van der Waals surface area contributed by atoms with E-state index in [1.807, 2.05) is 30.3 Å². The maximum Gasteiger partial charge on any atom is 0.327 e. The number of hydrogen-bond acceptors (Lipinski definition) is 5. The third-order valence-corrected chi connectivity index (χ3v) is 3.24. The molecule has 2 N–H and O–H groups in total. The molecule has 2 aromatic carbocycles. The zero-order valence-corrected chi connectivity index (χ0v) is 12.6. The van der Waals surface area contributed by atoms with E-state index in [0.29, 0.717) is 23.7 Å². The molecule has 5 nitrogen and oxygen atoms in total. The van der Waals surface area contributed by atoms with Crippen molar-refractivity contribution in [3.8, 4) is 11.5 Å². The van der Waals surface area contributed by atoms with Crippen molar-refractivity contribution < 1.29 is 19.0 Å². The highest BCUT2D eigenvalue weighted by molar-refractivity contribution is 5.77. The van der Waals surface area contributed by atoms with Gasteiger partial charge in [0.25, 0.3) is 0 Å². The highest BCUT2D eigenvalue weighted by Crippen LogP contribution is 2.30. The van der Waals surface area contributed by atoms with E-state index in [9.17, 15) is 4.79 Å². The van der Waals surface area contributed by atoms with E-state index in [1.54, 1.807) is 18.2 Å². The fourth-order valence-electron chi connectivity index (χ4n) is 2.00. The SMILES string of the molecule is COC(=O)[C@H](N)c1ccc(OCc2ccccc2)c(OC)c1. The van der Waals surface area contributed by atoms with Crippen LogP contribution in [-0.2, 0) is 16.1 Å². The first-order chi connectivity index (χ1) is 10.7. The van der Waals surface area contributed by atoms with Gasteiger partial charge in [0.05, 0.1) is 14.2 Å². The first kappa shape index (κ1) is 15.9. The molecular weight excluding hydrogens is 282 g/mol. The third-order valence-electron chi connectivity index (χ3n) is 3.24. The number of carbonyl (C=O) groups excluding carboxylic acids is 1. The average molecular weight is 301 g/mol. The van der Waals surface area contributed by atoms with E-state index in [1.165, 1.54) is 14.2 Å². The van der Waals surface area contributed by atoms with Crippen molar-refractivity contribution in [3.63, 3.8) is 0 Å². The largest absolute Gasteiger partial charge is 0.493 e. The quantitative estimate of drug-likeness (QED) is 0.830. The van der Waals surface area contributed by atoms with E-state index in [4.69, 9.17) is 15.2 Å². The normalized spacial score (nSPS) is 11.6. The molecule has 5 heteroatoms. The molecule has 0 spiro atoms. The number of carbonyl (C=O) groups is 1. The first-order valence-corrected chi connectivity index (χ1v) is 6.83. The lowest BCUT2D eigenvalue weighted by Gasteiger charge is -2.14. The van der Waals surface area contributed by atoms with E-state index in [2.05, 4.69) is 4.74 Å². The van der Waals surface area contributed by atoms with Gasteiger partial charge in [-0.05, 0) is 23.3 Å². The predicted octanol–water partition coefficient (Wildman–Crippen LogP) is 2.45. The second-order valence-electron chi connectivity index (χ2n) is 4.69. The molecule has 0 aliphatic carbocycles. The molecule has 0 bridgehead atoms. The molecule has 22 heavy (non-hydrogen) atoms. The van der Waals surface area contributed by atoms with Crippen LogP contribution < -0.4 is 15.2 Å². The summed E-state index contributed by atoms with van der Waals surface area (Å²) in [7, 11) is 2.84. The molecule has 0 saturated carbocycles. The highest BCUT2D eigenvalue weighted by atomic mass is 16.5. The maximum absolute atomic E-state index is 11.5. The molecule has 2 aromatic rings. The number of hydrogen-bond donors (Lipinski definition) is 1. The van der Waals surface area contributed by atoms with E-state index in [-0.39, 0.29) is 0 Å². The molecule has 0 aliphatic heterocycles. The minimum absolute atomic E-state index is 0.430. The fraction of sp³-hybridized carbons (Fsp3) is 0.235. The molecular formula is C17H19NO4. The molecule has 0 saturated heterocycles. The van der Waals surface area contributed by atoms with Gasteiger partial charge in [0.15, 0.2) is 11.5 Å². The summed E-state index contributed by atoms with van der Waals surface area (Å²) in [6, 6.07) is 14.1. The van der Waals surface area contributed by atoms with Crippen molar-refractivity contribution in [2.24, 2.45) is 5.73 Å². The second kappa shape index (κ2) is 7.47. The van der Waals surface area contributed by atoms with Crippen LogP contribution in [0.3, 0.4) is 0 Å². The van der Waals surface area contributed by atoms with Gasteiger partial charge in [-0.2, -0.15) is 0 Å². The summed E-state index contributed by atoms with van der Waals surface area (Å²) < 4.78 is 15.7. The van der Waals surface area contributed by atoms with Crippen LogP contribution in [0.25, 0.3) is 0 Å². The van der Waals surface area contributed by atoms with E-state index >= 15 is 0 Å². The lowest BCUT2D eigenvalue weighted by molar-refractivity contribution is -0.142. The Balaban J connectivity index is 2.14. The lowest BCUT2D eigenvalue weighted by Crippen LogP contribution is -2.22. The van der Waals surface area contributed by atoms with Crippen LogP contribution in [-0.4, -0.2) is 20.2 Å². The summed E-state index contributed by atoms with van der Waals surface area (Å²) in [6.45, 7) is 0.430. The van der Waals surface area contributed by atoms with Crippen LogP contribution in [0.15, 0.2) is 48.5 Å². The average Bonchev–Trinajstić information content (AvgIpc) is 2.59. The molecule has 0 unspecified atom stereocenters. The van der Waals surface area contributed by atoms with Crippen molar-refractivity contribution in [2.75, 3.05) is 14.2 Å². The maximum atomic E-state index is 11.5. The van der Waals surface area contributed by atoms with Crippen LogP contribution in [0.5, 0.6) is 11.5 Å². The van der Waals surface area contributed by atoms with Crippen molar-refractivity contribution >= 4 is 5.97 Å². The Morgan fingerprint density at radius 2 is 1.82 bits per heavy atom. The van der Waals surface area contributed by atoms with Gasteiger partial charge in [-0.1, -0.05) is 36.4 Å². The smallest absolute Gasteiger partial charge is 0.327 e. The molecule has 0 aromatic heterocycles. The van der Waals surface area contributed by atoms with Gasteiger partial charge in [0.1, 0.15) is 12.6 Å². The molecule has 0 aliphatic rings. The van der Waals surface area contributed by atoms with Crippen molar-refractivity contribution in [1.29, 1.82) is 0 Å². The molecule has 0 heterocycles. The van der Waals surface area contributed by atoms with Crippen LogP contribution in [0, 0.1) is 0 Å². The molecule has 116 valence electrons. The van der Waals surface area contributed by atoms with Gasteiger partial charge in [-0.3, -0.25) is 4.79 Å². The first-order valence-electron chi connectivity index (χ1n) is 6.83. The van der Waals surface area contributed by atoms with Gasteiger partial charge in [0.2, 0.25) is 0 Å². The molecule has 0 fully saturated rings. The highest BCUT2D eigenvalue weighted by Gasteiger charge is 2.18. The number of benzene rings is 2. The summed E-state index contributed by atoms with van der Waals surface area (Å²) in [6.07, 6.45) is 0. The minimum atomic E-state index is -0.845. The molecule has 0 amide bonds. The summed E-state index contributed by atoms with van der Waals surface area (Å²) in [5.74, 6) is 0.611. The van der Waals surface area contributed by atoms with E-state index < -0.39 is 12.0 Å². The van der Waals surface area contributed by atoms with Gasteiger partial charge in [0, 0.05) is 0 Å². The Morgan fingerprint density at radius 3 is 2.45 bits per heavy atom. The molecule has 0 radical (unpaired) electrons. The van der Waals surface area contributed by atoms with Crippen molar-refractivity contribution in [3.05, 3.63) is 59.7 Å². The predicted molar refractivity (Wildman–Crippen MR) is 82.7 cm³/mol. The standard InChI is InChI=1S/C17H19NO4/c1-20-15-10-13(16(18)17(19)21-2)8-9-14(15)22-11-12-6-4-3-5-7-12/h3-10,16H,11,18H2,1-2H3/t16-/m1/s1. The van der Waals surface area contributed by atoms with Crippen LogP contribution in [0.2, 0.25) is 0 Å². The Morgan fingerprint density at radius 1 is 1.09 bits per heavy atom. The Kier molecular flexibility index (Phi) is 5.38. The van der Waals surface area contributed by atoms with Crippen LogP contribution in [0.1, 0.15) is 17.2 Å². The van der Waals surface area contributed by atoms with Crippen molar-refractivity contribution in [1.82, 2.24) is 0 Å². The van der Waals surface area contributed by atoms with Crippen LogP contribution in [0.4, 0.5) is 0 Å². The number of rotatable bonds is 6. The zero-order chi connectivity index (χ0) is 15.9. The zero-order valence-electron chi connectivity index (χ0n) is 12.6. The van der Waals surface area contributed by atoms with Crippen molar-refractivity contribution in [2.45, 2.75) is 12.6 Å². The monoisotopic (exact) mass is 301 g/mol. The van der Waals surface area contributed by atoms with Gasteiger partial charge >= 0.3 is 5.97 Å². The third kappa shape index (κ3) is 3.77. The van der Waals surface area contributed by atoms with Crippen LogP contribution >= 0.6 is 0 Å². The summed E-state index contributed by atoms with van der Waals surface area (Å²) in [5.41, 5.74) is 7.48. The Hall–Kier alpha value is -2.53. The Bertz CT molecular complexity index is 628. The fourth-order valence-corrected chi connectivity index (χ4v) is 2.00. The molecule has 1 atom stereocenters. The minimum Gasteiger partial charge on any atom is -0.493 e. The topological polar surface area (TPSA) is 70.8 Å². The number of nitrogens with two attached hydrogens (primary N) is 1. The Labute approximate surface area is 129 Å². The second-order valence-corrected chi connectivity index (χ2v) is 4.69. The van der Waals surface area contributed by atoms with Gasteiger partial charge in [-0.15, -0.1) is 0 Å². The summed E-state index contributed by atoms with van der Waals surface area (Å²) in [4.78, 5) is 11.5. The number of esters is 1. The number of ether oxygens (including phenoxy) is 3. The lowest BCUT2D eigenvalue weighted by atomic mass is 10.1.